The van der Waals surface area contributed by atoms with Crippen molar-refractivity contribution in [2.24, 2.45) is 0 Å². The maximum Gasteiger partial charge on any atom is 0.0541 e. The zero-order valence-corrected chi connectivity index (χ0v) is 34.6. The van der Waals surface area contributed by atoms with Gasteiger partial charge in [0.25, 0.3) is 0 Å². The van der Waals surface area contributed by atoms with Crippen molar-refractivity contribution >= 4 is 43.4 Å². The number of hydrogen-bond donors (Lipinski definition) is 0. The lowest BCUT2D eigenvalue weighted by molar-refractivity contribution is 1.18. The average Bonchev–Trinajstić information content (AvgIpc) is 3.69. The number of para-hydroxylation sites is 1. The van der Waals surface area contributed by atoms with Crippen molar-refractivity contribution in [3.8, 4) is 72.4 Å². The van der Waals surface area contributed by atoms with Gasteiger partial charge < -0.3 is 4.57 Å². The molecular formula is C62H41N. The van der Waals surface area contributed by atoms with E-state index in [9.17, 15) is 0 Å². The normalized spacial score (nSPS) is 11.5. The number of rotatable bonds is 7. The van der Waals surface area contributed by atoms with Gasteiger partial charge >= 0.3 is 0 Å². The van der Waals surface area contributed by atoms with Crippen LogP contribution in [0.3, 0.4) is 0 Å². The molecule has 1 heteroatoms. The van der Waals surface area contributed by atoms with Crippen LogP contribution in [-0.2, 0) is 0 Å². The molecule has 0 aliphatic heterocycles. The van der Waals surface area contributed by atoms with E-state index >= 15 is 0 Å². The lowest BCUT2D eigenvalue weighted by Crippen LogP contribution is -1.93. The van der Waals surface area contributed by atoms with Crippen molar-refractivity contribution in [2.75, 3.05) is 0 Å². The Morgan fingerprint density at radius 3 is 0.889 bits per heavy atom. The molecule has 63 heavy (non-hydrogen) atoms. The van der Waals surface area contributed by atoms with Gasteiger partial charge in [0, 0.05) is 16.5 Å². The fourth-order valence-electron chi connectivity index (χ4n) is 9.77. The number of nitrogens with zero attached hydrogens (tertiary/aromatic N) is 1. The molecular weight excluding hydrogens is 759 g/mol. The summed E-state index contributed by atoms with van der Waals surface area (Å²) in [5.41, 5.74) is 18.1. The highest BCUT2D eigenvalue weighted by molar-refractivity contribution is 6.22. The summed E-state index contributed by atoms with van der Waals surface area (Å²) >= 11 is 0. The van der Waals surface area contributed by atoms with Crippen molar-refractivity contribution in [1.82, 2.24) is 4.57 Å². The second-order valence-electron chi connectivity index (χ2n) is 16.4. The molecule has 1 nitrogen and oxygen atoms in total. The van der Waals surface area contributed by atoms with Crippen LogP contribution in [0.15, 0.2) is 249 Å². The van der Waals surface area contributed by atoms with Crippen molar-refractivity contribution < 1.29 is 0 Å². The summed E-state index contributed by atoms with van der Waals surface area (Å²) in [6.07, 6.45) is 0. The summed E-state index contributed by atoms with van der Waals surface area (Å²) in [4.78, 5) is 0. The van der Waals surface area contributed by atoms with Crippen molar-refractivity contribution in [3.63, 3.8) is 0 Å². The molecule has 0 radical (unpaired) electrons. The van der Waals surface area contributed by atoms with Gasteiger partial charge in [-0.25, -0.2) is 0 Å². The lowest BCUT2D eigenvalue weighted by Gasteiger charge is -2.20. The molecule has 0 spiro atoms. The van der Waals surface area contributed by atoms with Gasteiger partial charge in [-0.3, -0.25) is 0 Å². The van der Waals surface area contributed by atoms with Gasteiger partial charge in [-0.1, -0.05) is 200 Å². The van der Waals surface area contributed by atoms with Gasteiger partial charge in [-0.2, -0.15) is 0 Å². The minimum atomic E-state index is 1.16. The summed E-state index contributed by atoms with van der Waals surface area (Å²) in [6.45, 7) is 0. The van der Waals surface area contributed by atoms with Crippen LogP contribution in [0.2, 0.25) is 0 Å². The fraction of sp³-hybridized carbons (Fsp3) is 0. The van der Waals surface area contributed by atoms with Gasteiger partial charge in [0.1, 0.15) is 0 Å². The Kier molecular flexibility index (Phi) is 8.90. The summed E-state index contributed by atoms with van der Waals surface area (Å²) in [6, 6.07) is 91.0. The zero-order valence-electron chi connectivity index (χ0n) is 34.6. The van der Waals surface area contributed by atoms with E-state index < -0.39 is 0 Å². The van der Waals surface area contributed by atoms with Gasteiger partial charge in [-0.15, -0.1) is 0 Å². The summed E-state index contributed by atoms with van der Waals surface area (Å²) in [7, 11) is 0. The van der Waals surface area contributed by atoms with Crippen LogP contribution < -0.4 is 0 Å². The molecule has 0 aliphatic rings. The smallest absolute Gasteiger partial charge is 0.0541 e. The predicted octanol–water partition coefficient (Wildman–Crippen LogP) is 17.1. The van der Waals surface area contributed by atoms with Crippen LogP contribution in [0.4, 0.5) is 0 Å². The van der Waals surface area contributed by atoms with E-state index in [1.807, 2.05) is 0 Å². The molecule has 11 aromatic carbocycles. The highest BCUT2D eigenvalue weighted by Gasteiger charge is 2.20. The number of benzene rings is 11. The molecule has 0 saturated carbocycles. The Bertz CT molecular complexity index is 3610. The first-order valence-corrected chi connectivity index (χ1v) is 21.7. The minimum Gasteiger partial charge on any atom is -0.309 e. The molecule has 0 saturated heterocycles. The standard InChI is InChI=1S/C62H41N/c1-6-16-42(17-7-1)48-31-35-54-57(40-48)61(46-22-12-4-13-23-46)53-34-30-49(43-18-8-2-9-19-43)41-58(53)62(54)47-28-26-45(27-29-47)51-33-37-60-56(39-51)55-38-50(44-20-10-3-11-21-44)32-36-59(55)63(60)52-24-14-5-15-25-52/h1-41H. The van der Waals surface area contributed by atoms with Crippen LogP contribution in [0.1, 0.15) is 0 Å². The van der Waals surface area contributed by atoms with E-state index in [-0.39, 0.29) is 0 Å². The Hall–Kier alpha value is -8.26. The molecule has 1 heterocycles. The predicted molar refractivity (Wildman–Crippen MR) is 268 cm³/mol. The second-order valence-corrected chi connectivity index (χ2v) is 16.4. The zero-order chi connectivity index (χ0) is 41.7. The summed E-state index contributed by atoms with van der Waals surface area (Å²) < 4.78 is 2.40. The molecule has 0 fully saturated rings. The number of aromatic nitrogens is 1. The van der Waals surface area contributed by atoms with E-state index in [0.717, 1.165) is 5.69 Å². The van der Waals surface area contributed by atoms with Crippen LogP contribution in [-0.4, -0.2) is 4.57 Å². The third-order valence-corrected chi connectivity index (χ3v) is 12.8. The fourth-order valence-corrected chi connectivity index (χ4v) is 9.77. The monoisotopic (exact) mass is 799 g/mol. The third-order valence-electron chi connectivity index (χ3n) is 12.8. The Balaban J connectivity index is 1.06. The van der Waals surface area contributed by atoms with Crippen LogP contribution >= 0.6 is 0 Å². The van der Waals surface area contributed by atoms with E-state index in [1.165, 1.54) is 110 Å². The van der Waals surface area contributed by atoms with Gasteiger partial charge in [0.05, 0.1) is 11.0 Å². The maximum absolute atomic E-state index is 2.41. The Morgan fingerprint density at radius 2 is 0.476 bits per heavy atom. The first-order chi connectivity index (χ1) is 31.2. The Labute approximate surface area is 367 Å². The highest BCUT2D eigenvalue weighted by Crippen LogP contribution is 2.46. The van der Waals surface area contributed by atoms with Crippen molar-refractivity contribution in [2.45, 2.75) is 0 Å². The van der Waals surface area contributed by atoms with Gasteiger partial charge in [0.15, 0.2) is 0 Å². The average molecular weight is 800 g/mol. The van der Waals surface area contributed by atoms with E-state index in [1.54, 1.807) is 0 Å². The summed E-state index contributed by atoms with van der Waals surface area (Å²) in [5, 5.41) is 7.46. The largest absolute Gasteiger partial charge is 0.309 e. The van der Waals surface area contributed by atoms with Crippen LogP contribution in [0.5, 0.6) is 0 Å². The quantitative estimate of drug-likeness (QED) is 0.142. The first kappa shape index (κ1) is 36.6. The molecule has 0 atom stereocenters. The highest BCUT2D eigenvalue weighted by atomic mass is 15.0. The van der Waals surface area contributed by atoms with E-state index in [0.29, 0.717) is 0 Å². The topological polar surface area (TPSA) is 4.93 Å². The van der Waals surface area contributed by atoms with E-state index in [4.69, 9.17) is 0 Å². The van der Waals surface area contributed by atoms with Crippen LogP contribution in [0, 0.1) is 0 Å². The second kappa shape index (κ2) is 15.3. The maximum atomic E-state index is 2.41. The molecule has 294 valence electrons. The molecule has 0 N–H and O–H groups in total. The molecule has 0 amide bonds. The molecule has 1 aromatic heterocycles. The van der Waals surface area contributed by atoms with Crippen LogP contribution in [0.25, 0.3) is 116 Å². The van der Waals surface area contributed by atoms with Gasteiger partial charge in [0.2, 0.25) is 0 Å². The minimum absolute atomic E-state index is 1.16. The van der Waals surface area contributed by atoms with Gasteiger partial charge in [-0.05, 0) is 137 Å². The number of hydrogen-bond acceptors (Lipinski definition) is 0. The van der Waals surface area contributed by atoms with Crippen molar-refractivity contribution in [1.29, 1.82) is 0 Å². The van der Waals surface area contributed by atoms with Crippen molar-refractivity contribution in [3.05, 3.63) is 249 Å². The lowest BCUT2D eigenvalue weighted by atomic mass is 9.83. The molecule has 0 aliphatic carbocycles. The molecule has 0 bridgehead atoms. The Morgan fingerprint density at radius 1 is 0.190 bits per heavy atom. The molecule has 0 unspecified atom stereocenters. The molecule has 12 aromatic rings. The first-order valence-electron chi connectivity index (χ1n) is 21.7. The molecule has 12 rings (SSSR count). The number of fused-ring (bicyclic) bond motifs is 5. The SMILES string of the molecule is c1ccc(-c2ccc3c(-c4ccc(-c5ccc6c(c5)c5cc(-c7ccccc7)ccc5n6-c5ccccc5)cc4)c4cc(-c5ccccc5)ccc4c(-c4ccccc4)c3c2)cc1. The summed E-state index contributed by atoms with van der Waals surface area (Å²) in [5.74, 6) is 0. The third kappa shape index (κ3) is 6.42. The van der Waals surface area contributed by atoms with E-state index in [2.05, 4.69) is 253 Å².